The molecule has 8 heteroatoms. The second kappa shape index (κ2) is 3.95. The average molecular weight is 252 g/mol. The Bertz CT molecular complexity index is 461. The van der Waals surface area contributed by atoms with Crippen molar-refractivity contribution in [3.8, 4) is 0 Å². The smallest absolute Gasteiger partial charge is 0.160 e. The quantitative estimate of drug-likeness (QED) is 0.367. The Morgan fingerprint density at radius 1 is 1.00 bits per heavy atom. The minimum atomic E-state index is -1.23. The van der Waals surface area contributed by atoms with Gasteiger partial charge in [0.05, 0.1) is 0 Å². The van der Waals surface area contributed by atoms with Gasteiger partial charge in [-0.15, -0.1) is 10.2 Å². The lowest BCUT2D eigenvalue weighted by atomic mass is 9.86. The zero-order chi connectivity index (χ0) is 13.7. The molecule has 0 aromatic heterocycles. The molecule has 2 unspecified atom stereocenters. The van der Waals surface area contributed by atoms with Crippen LogP contribution in [-0.4, -0.2) is 21.1 Å². The summed E-state index contributed by atoms with van der Waals surface area (Å²) in [6, 6.07) is 7.55. The molecule has 1 aromatic carbocycles. The molecule has 0 bridgehead atoms. The minimum absolute atomic E-state index is 0.765. The van der Waals surface area contributed by atoms with E-state index < -0.39 is 11.3 Å². The van der Waals surface area contributed by atoms with Crippen LogP contribution in [0.1, 0.15) is 18.1 Å². The van der Waals surface area contributed by atoms with Crippen molar-refractivity contribution < 1.29 is 0 Å². The molecule has 1 aliphatic heterocycles. The van der Waals surface area contributed by atoms with E-state index in [0.29, 0.717) is 0 Å². The zero-order valence-corrected chi connectivity index (χ0v) is 10.5. The second-order valence-electron chi connectivity index (χ2n) is 4.74. The Morgan fingerprint density at radius 2 is 1.56 bits per heavy atom. The molecule has 2 atom stereocenters. The summed E-state index contributed by atoms with van der Waals surface area (Å²) in [5, 5.41) is 3.25. The molecule has 0 spiro atoms. The molecular formula is C10H20N8. The van der Waals surface area contributed by atoms with Crippen LogP contribution in [0.4, 0.5) is 0 Å². The topological polar surface area (TPSA) is 140 Å². The second-order valence-corrected chi connectivity index (χ2v) is 4.74. The summed E-state index contributed by atoms with van der Waals surface area (Å²) in [6.07, 6.45) is 0. The highest BCUT2D eigenvalue weighted by Crippen LogP contribution is 2.39. The number of hydrazine groups is 5. The first-order valence-corrected chi connectivity index (χ1v) is 5.53. The lowest BCUT2D eigenvalue weighted by Crippen LogP contribution is -2.70. The zero-order valence-electron chi connectivity index (χ0n) is 10.5. The fraction of sp³-hybridized carbons (Fsp3) is 0.400. The molecule has 2 rings (SSSR count). The highest BCUT2D eigenvalue weighted by atomic mass is 16.1. The summed E-state index contributed by atoms with van der Waals surface area (Å²) in [5.41, 5.74) is 12.0. The van der Waals surface area contributed by atoms with E-state index in [1.165, 1.54) is 0 Å². The van der Waals surface area contributed by atoms with Gasteiger partial charge >= 0.3 is 0 Å². The van der Waals surface area contributed by atoms with Gasteiger partial charge in [0, 0.05) is 0 Å². The van der Waals surface area contributed by atoms with Crippen molar-refractivity contribution in [3.63, 3.8) is 0 Å². The molecule has 1 heterocycles. The van der Waals surface area contributed by atoms with Crippen LogP contribution in [0.3, 0.4) is 0 Å². The molecule has 0 radical (unpaired) electrons. The summed E-state index contributed by atoms with van der Waals surface area (Å²) in [6.45, 7) is 3.60. The number of nitrogens with zero attached hydrogens (tertiary/aromatic N) is 3. The Labute approximate surface area is 106 Å². The molecule has 10 N–H and O–H groups in total. The van der Waals surface area contributed by atoms with E-state index in [0.717, 1.165) is 26.6 Å². The molecule has 0 aliphatic carbocycles. The molecule has 1 aliphatic rings. The third kappa shape index (κ3) is 1.43. The fourth-order valence-electron chi connectivity index (χ4n) is 2.28. The van der Waals surface area contributed by atoms with E-state index in [1.807, 2.05) is 31.2 Å². The summed E-state index contributed by atoms with van der Waals surface area (Å²) in [7, 11) is 0. The van der Waals surface area contributed by atoms with Crippen LogP contribution in [-0.2, 0) is 5.66 Å². The van der Waals surface area contributed by atoms with Crippen LogP contribution < -0.4 is 29.0 Å². The van der Waals surface area contributed by atoms with E-state index in [4.69, 9.17) is 29.0 Å². The van der Waals surface area contributed by atoms with Crippen LogP contribution >= 0.6 is 0 Å². The Kier molecular flexibility index (Phi) is 2.93. The van der Waals surface area contributed by atoms with Crippen LogP contribution in [0.5, 0.6) is 0 Å². The maximum Gasteiger partial charge on any atom is 0.160 e. The van der Waals surface area contributed by atoms with E-state index in [9.17, 15) is 0 Å². The van der Waals surface area contributed by atoms with Gasteiger partial charge in [0.1, 0.15) is 5.66 Å². The van der Waals surface area contributed by atoms with E-state index in [2.05, 4.69) is 0 Å². The maximum absolute atomic E-state index is 6.42. The number of hydrogen-bond acceptors (Lipinski definition) is 8. The first-order chi connectivity index (χ1) is 8.24. The summed E-state index contributed by atoms with van der Waals surface area (Å²) in [4.78, 5) is 0. The van der Waals surface area contributed by atoms with Crippen LogP contribution in [0.2, 0.25) is 0 Å². The van der Waals surface area contributed by atoms with Crippen molar-refractivity contribution in [1.82, 2.24) is 15.5 Å². The van der Waals surface area contributed by atoms with Gasteiger partial charge in [0.2, 0.25) is 0 Å². The molecule has 1 aromatic rings. The van der Waals surface area contributed by atoms with Gasteiger partial charge in [-0.3, -0.25) is 11.7 Å². The first-order valence-electron chi connectivity index (χ1n) is 5.53. The van der Waals surface area contributed by atoms with E-state index in [1.54, 1.807) is 6.92 Å². The van der Waals surface area contributed by atoms with Crippen LogP contribution in [0.25, 0.3) is 0 Å². The fourth-order valence-corrected chi connectivity index (χ4v) is 2.28. The molecule has 1 fully saturated rings. The van der Waals surface area contributed by atoms with Crippen molar-refractivity contribution in [2.24, 2.45) is 29.0 Å². The molecule has 18 heavy (non-hydrogen) atoms. The first kappa shape index (κ1) is 13.3. The van der Waals surface area contributed by atoms with Gasteiger partial charge in [-0.1, -0.05) is 29.5 Å². The molecule has 1 saturated heterocycles. The normalized spacial score (nSPS) is 35.3. The Hall–Kier alpha value is -1.10. The van der Waals surface area contributed by atoms with E-state index >= 15 is 0 Å². The molecule has 100 valence electrons. The van der Waals surface area contributed by atoms with Crippen LogP contribution in [0, 0.1) is 6.92 Å². The van der Waals surface area contributed by atoms with Gasteiger partial charge in [0.15, 0.2) is 5.66 Å². The minimum Gasteiger partial charge on any atom is -0.308 e. The largest absolute Gasteiger partial charge is 0.308 e. The van der Waals surface area contributed by atoms with Crippen molar-refractivity contribution in [2.45, 2.75) is 25.2 Å². The third-order valence-corrected chi connectivity index (χ3v) is 3.61. The number of benzene rings is 1. The van der Waals surface area contributed by atoms with Gasteiger partial charge < -0.3 is 11.5 Å². The predicted molar refractivity (Wildman–Crippen MR) is 67.7 cm³/mol. The molecular weight excluding hydrogens is 232 g/mol. The van der Waals surface area contributed by atoms with Crippen molar-refractivity contribution in [3.05, 3.63) is 35.4 Å². The van der Waals surface area contributed by atoms with Gasteiger partial charge in [0.25, 0.3) is 0 Å². The standard InChI is InChI=1S/C10H20N8/c1-7-5-3-4-6-8(7)10(12)9(2,11)16(13)18(15)17(10)14/h3-6H,11-15H2,1-2H3. The van der Waals surface area contributed by atoms with Crippen molar-refractivity contribution in [2.75, 3.05) is 0 Å². The Morgan fingerprint density at radius 3 is 2.00 bits per heavy atom. The number of rotatable bonds is 1. The van der Waals surface area contributed by atoms with Gasteiger partial charge in [-0.2, -0.15) is 0 Å². The summed E-state index contributed by atoms with van der Waals surface area (Å²) < 4.78 is 0. The highest BCUT2D eigenvalue weighted by Gasteiger charge is 2.61. The average Bonchev–Trinajstić information content (AvgIpc) is 2.44. The molecule has 0 amide bonds. The van der Waals surface area contributed by atoms with Crippen molar-refractivity contribution >= 4 is 0 Å². The van der Waals surface area contributed by atoms with Crippen molar-refractivity contribution in [1.29, 1.82) is 0 Å². The Balaban J connectivity index is 2.63. The molecule has 8 nitrogen and oxygen atoms in total. The lowest BCUT2D eigenvalue weighted by molar-refractivity contribution is -0.160. The number of hydrogen-bond donors (Lipinski definition) is 5. The summed E-state index contributed by atoms with van der Waals surface area (Å²) in [5.74, 6) is 17.5. The lowest BCUT2D eigenvalue weighted by Gasteiger charge is -2.40. The van der Waals surface area contributed by atoms with Gasteiger partial charge in [-0.05, 0) is 25.0 Å². The number of aryl methyl sites for hydroxylation is 1. The summed E-state index contributed by atoms with van der Waals surface area (Å²) >= 11 is 0. The van der Waals surface area contributed by atoms with Gasteiger partial charge in [-0.25, -0.2) is 5.84 Å². The highest BCUT2D eigenvalue weighted by molar-refractivity contribution is 5.35. The maximum atomic E-state index is 6.42. The predicted octanol–water partition coefficient (Wildman–Crippen LogP) is -1.85. The third-order valence-electron chi connectivity index (χ3n) is 3.61. The SMILES string of the molecule is Cc1ccccc1C1(N)N(N)N(N)N(N)C1(C)N. The van der Waals surface area contributed by atoms with E-state index in [-0.39, 0.29) is 0 Å². The number of nitrogens with two attached hydrogens (primary N) is 5. The van der Waals surface area contributed by atoms with Crippen LogP contribution in [0.15, 0.2) is 24.3 Å². The monoisotopic (exact) mass is 252 g/mol. The molecule has 0 saturated carbocycles.